The summed E-state index contributed by atoms with van der Waals surface area (Å²) < 4.78 is 1.85. The van der Waals surface area contributed by atoms with Gasteiger partial charge in [0, 0.05) is 37.1 Å². The first kappa shape index (κ1) is 15.6. The van der Waals surface area contributed by atoms with Crippen LogP contribution in [0.2, 0.25) is 0 Å². The second-order valence-corrected chi connectivity index (χ2v) is 5.92. The highest BCUT2D eigenvalue weighted by molar-refractivity contribution is 7.10. The number of nitrogens with one attached hydrogen (secondary N) is 2. The Bertz CT molecular complexity index is 558. The van der Waals surface area contributed by atoms with Gasteiger partial charge in [0.25, 0.3) is 0 Å². The summed E-state index contributed by atoms with van der Waals surface area (Å²) in [6.07, 6.45) is 1.80. The molecule has 6 heteroatoms. The predicted octanol–water partition coefficient (Wildman–Crippen LogP) is 2.34. The summed E-state index contributed by atoms with van der Waals surface area (Å²) in [6, 6.07) is 6.26. The molecule has 2 N–H and O–H groups in total. The van der Waals surface area contributed by atoms with E-state index in [1.807, 2.05) is 17.8 Å². The summed E-state index contributed by atoms with van der Waals surface area (Å²) >= 11 is 1.80. The lowest BCUT2D eigenvalue weighted by atomic mass is 10.1. The smallest absolute Gasteiger partial charge is 0.191 e. The molecule has 0 aromatic carbocycles. The van der Waals surface area contributed by atoms with Crippen molar-refractivity contribution in [1.29, 1.82) is 0 Å². The van der Waals surface area contributed by atoms with Crippen LogP contribution < -0.4 is 10.6 Å². The van der Waals surface area contributed by atoms with Crippen LogP contribution in [0.1, 0.15) is 30.3 Å². The molecular formula is C15H23N5S. The molecule has 1 unspecified atom stereocenters. The molecule has 0 aliphatic heterocycles. The number of thiophene rings is 1. The van der Waals surface area contributed by atoms with Crippen LogP contribution in [0.3, 0.4) is 0 Å². The summed E-state index contributed by atoms with van der Waals surface area (Å²) in [4.78, 5) is 6.00. The minimum absolute atomic E-state index is 0.477. The average molecular weight is 305 g/mol. The van der Waals surface area contributed by atoms with Crippen LogP contribution in [0.4, 0.5) is 0 Å². The molecule has 2 aromatic rings. The van der Waals surface area contributed by atoms with Gasteiger partial charge in [-0.05, 0) is 24.4 Å². The lowest BCUT2D eigenvalue weighted by Crippen LogP contribution is -2.39. The summed E-state index contributed by atoms with van der Waals surface area (Å²) in [5.74, 6) is 1.33. The van der Waals surface area contributed by atoms with Gasteiger partial charge in [0.05, 0.1) is 12.2 Å². The number of hydrogen-bond donors (Lipinski definition) is 2. The Morgan fingerprint density at radius 2 is 2.29 bits per heavy atom. The Morgan fingerprint density at radius 1 is 1.43 bits per heavy atom. The quantitative estimate of drug-likeness (QED) is 0.636. The van der Waals surface area contributed by atoms with E-state index in [1.54, 1.807) is 17.5 Å². The molecule has 0 amide bonds. The molecule has 2 rings (SSSR count). The summed E-state index contributed by atoms with van der Waals surface area (Å²) in [7, 11) is 1.93. The summed E-state index contributed by atoms with van der Waals surface area (Å²) in [5.41, 5.74) is 1.10. The largest absolute Gasteiger partial charge is 0.357 e. The van der Waals surface area contributed by atoms with Crippen LogP contribution in [0.15, 0.2) is 34.8 Å². The molecule has 21 heavy (non-hydrogen) atoms. The van der Waals surface area contributed by atoms with E-state index < -0.39 is 0 Å². The van der Waals surface area contributed by atoms with E-state index in [0.717, 1.165) is 24.7 Å². The first-order valence-electron chi connectivity index (χ1n) is 7.23. The van der Waals surface area contributed by atoms with E-state index in [4.69, 9.17) is 0 Å². The average Bonchev–Trinajstić information content (AvgIpc) is 3.13. The number of aliphatic imine (C=N–C) groups is 1. The number of aromatic nitrogens is 2. The molecule has 0 saturated carbocycles. The van der Waals surface area contributed by atoms with Crippen molar-refractivity contribution in [3.63, 3.8) is 0 Å². The fourth-order valence-electron chi connectivity index (χ4n) is 1.98. The van der Waals surface area contributed by atoms with Crippen molar-refractivity contribution in [2.75, 3.05) is 13.1 Å². The van der Waals surface area contributed by atoms with Gasteiger partial charge in [0.15, 0.2) is 5.96 Å². The maximum absolute atomic E-state index is 4.61. The second kappa shape index (κ2) is 7.83. The molecule has 1 atom stereocenters. The Labute approximate surface area is 130 Å². The fraction of sp³-hybridized carbons (Fsp3) is 0.467. The van der Waals surface area contributed by atoms with Crippen LogP contribution in [0.25, 0.3) is 0 Å². The normalized spacial score (nSPS) is 13.2. The second-order valence-electron chi connectivity index (χ2n) is 4.94. The minimum Gasteiger partial charge on any atom is -0.357 e. The fourth-order valence-corrected chi connectivity index (χ4v) is 2.77. The third-order valence-electron chi connectivity index (χ3n) is 3.27. The van der Waals surface area contributed by atoms with Crippen LogP contribution >= 0.6 is 11.3 Å². The van der Waals surface area contributed by atoms with Gasteiger partial charge >= 0.3 is 0 Å². The molecule has 0 radical (unpaired) electrons. The molecule has 5 nitrogen and oxygen atoms in total. The monoisotopic (exact) mass is 305 g/mol. The van der Waals surface area contributed by atoms with Gasteiger partial charge in [-0.3, -0.25) is 4.68 Å². The third-order valence-corrected chi connectivity index (χ3v) is 4.37. The highest BCUT2D eigenvalue weighted by Crippen LogP contribution is 2.19. The van der Waals surface area contributed by atoms with Gasteiger partial charge in [-0.25, -0.2) is 4.99 Å². The zero-order valence-electron chi connectivity index (χ0n) is 12.8. The van der Waals surface area contributed by atoms with E-state index in [0.29, 0.717) is 12.5 Å². The zero-order chi connectivity index (χ0) is 15.1. The Kier molecular flexibility index (Phi) is 5.80. The molecule has 0 spiro atoms. The Balaban J connectivity index is 1.90. The molecule has 2 heterocycles. The highest BCUT2D eigenvalue weighted by Gasteiger charge is 2.07. The first-order valence-corrected chi connectivity index (χ1v) is 8.11. The number of nitrogens with zero attached hydrogens (tertiary/aromatic N) is 3. The standard InChI is InChI=1S/C15H23N5S/c1-4-16-15(18-11-13-7-8-19-20(13)3)17-10-12(2)14-6-5-9-21-14/h5-9,12H,4,10-11H2,1-3H3,(H2,16,17,18). The molecule has 0 aliphatic carbocycles. The van der Waals surface area contributed by atoms with Crippen LogP contribution in [-0.2, 0) is 13.6 Å². The van der Waals surface area contributed by atoms with Crippen LogP contribution in [-0.4, -0.2) is 28.8 Å². The highest BCUT2D eigenvalue weighted by atomic mass is 32.1. The van der Waals surface area contributed by atoms with Crippen molar-refractivity contribution < 1.29 is 0 Å². The third kappa shape index (κ3) is 4.60. The van der Waals surface area contributed by atoms with Gasteiger partial charge in [-0.1, -0.05) is 13.0 Å². The van der Waals surface area contributed by atoms with Gasteiger partial charge in [-0.2, -0.15) is 5.10 Å². The van der Waals surface area contributed by atoms with Crippen molar-refractivity contribution in [1.82, 2.24) is 20.4 Å². The van der Waals surface area contributed by atoms with Crippen LogP contribution in [0.5, 0.6) is 0 Å². The van der Waals surface area contributed by atoms with Gasteiger partial charge < -0.3 is 10.6 Å². The van der Waals surface area contributed by atoms with Crippen molar-refractivity contribution in [3.8, 4) is 0 Å². The lowest BCUT2D eigenvalue weighted by molar-refractivity contribution is 0.693. The van der Waals surface area contributed by atoms with E-state index in [9.17, 15) is 0 Å². The number of guanidine groups is 1. The van der Waals surface area contributed by atoms with Crippen molar-refractivity contribution in [2.24, 2.45) is 12.0 Å². The van der Waals surface area contributed by atoms with Crippen LogP contribution in [0, 0.1) is 0 Å². The SMILES string of the molecule is CCNC(=NCc1ccnn1C)NCC(C)c1cccs1. The van der Waals surface area contributed by atoms with E-state index in [1.165, 1.54) is 4.88 Å². The van der Waals surface area contributed by atoms with E-state index in [2.05, 4.69) is 52.1 Å². The van der Waals surface area contributed by atoms with E-state index >= 15 is 0 Å². The van der Waals surface area contributed by atoms with Gasteiger partial charge in [0.2, 0.25) is 0 Å². The molecule has 0 bridgehead atoms. The number of hydrogen-bond acceptors (Lipinski definition) is 3. The lowest BCUT2D eigenvalue weighted by Gasteiger charge is -2.15. The number of aryl methyl sites for hydroxylation is 1. The molecule has 2 aromatic heterocycles. The van der Waals surface area contributed by atoms with Crippen molar-refractivity contribution >= 4 is 17.3 Å². The predicted molar refractivity (Wildman–Crippen MR) is 88.8 cm³/mol. The van der Waals surface area contributed by atoms with Gasteiger partial charge in [-0.15, -0.1) is 11.3 Å². The minimum atomic E-state index is 0.477. The molecule has 0 aliphatic rings. The van der Waals surface area contributed by atoms with E-state index in [-0.39, 0.29) is 0 Å². The summed E-state index contributed by atoms with van der Waals surface area (Å²) in [6.45, 7) is 6.65. The zero-order valence-corrected chi connectivity index (χ0v) is 13.7. The molecule has 0 saturated heterocycles. The molecule has 0 fully saturated rings. The topological polar surface area (TPSA) is 54.2 Å². The van der Waals surface area contributed by atoms with Crippen molar-refractivity contribution in [3.05, 3.63) is 40.3 Å². The molecule has 114 valence electrons. The maximum atomic E-state index is 4.61. The summed E-state index contributed by atoms with van der Waals surface area (Å²) in [5, 5.41) is 13.0. The van der Waals surface area contributed by atoms with Crippen molar-refractivity contribution in [2.45, 2.75) is 26.3 Å². The van der Waals surface area contributed by atoms with Gasteiger partial charge in [0.1, 0.15) is 0 Å². The Morgan fingerprint density at radius 3 is 2.90 bits per heavy atom. The molecular weight excluding hydrogens is 282 g/mol. The maximum Gasteiger partial charge on any atom is 0.191 e. The Hall–Kier alpha value is -1.82. The number of rotatable bonds is 6. The first-order chi connectivity index (χ1) is 10.2.